The number of nitrogens with one attached hydrogen (secondary N) is 2. The standard InChI is InChI=1S/C18H25N3O4/c1-24-15-9-8-13(10-16(15)25-2)11-20-21-17(22)12-19-18(23)14-6-4-3-5-7-14/h8-11,14H,3-7,12H2,1-2H3,(H,19,23)(H,21,22)/b20-11+. The van der Waals surface area contributed by atoms with Gasteiger partial charge in [0.25, 0.3) is 5.91 Å². The highest BCUT2D eigenvalue weighted by molar-refractivity contribution is 5.87. The number of benzene rings is 1. The van der Waals surface area contributed by atoms with Crippen molar-refractivity contribution in [3.63, 3.8) is 0 Å². The largest absolute Gasteiger partial charge is 0.493 e. The molecule has 2 N–H and O–H groups in total. The maximum atomic E-state index is 12.0. The Kier molecular flexibility index (Phi) is 7.25. The molecule has 25 heavy (non-hydrogen) atoms. The topological polar surface area (TPSA) is 89.0 Å². The highest BCUT2D eigenvalue weighted by atomic mass is 16.5. The van der Waals surface area contributed by atoms with Crippen LogP contribution in [-0.4, -0.2) is 38.8 Å². The molecule has 1 aromatic carbocycles. The lowest BCUT2D eigenvalue weighted by Crippen LogP contribution is -2.38. The maximum absolute atomic E-state index is 12.0. The van der Waals surface area contributed by atoms with Crippen LogP contribution in [0.15, 0.2) is 23.3 Å². The summed E-state index contributed by atoms with van der Waals surface area (Å²) in [4.78, 5) is 23.7. The van der Waals surface area contributed by atoms with Crippen LogP contribution in [0.25, 0.3) is 0 Å². The molecule has 0 bridgehead atoms. The lowest BCUT2D eigenvalue weighted by molar-refractivity contribution is -0.129. The molecule has 136 valence electrons. The molecule has 0 saturated heterocycles. The van der Waals surface area contributed by atoms with Gasteiger partial charge in [0.2, 0.25) is 5.91 Å². The molecule has 0 unspecified atom stereocenters. The van der Waals surface area contributed by atoms with Crippen LogP contribution in [-0.2, 0) is 9.59 Å². The van der Waals surface area contributed by atoms with Gasteiger partial charge in [-0.2, -0.15) is 5.10 Å². The van der Waals surface area contributed by atoms with Gasteiger partial charge in [-0.1, -0.05) is 19.3 Å². The first kappa shape index (κ1) is 18.8. The van der Waals surface area contributed by atoms with E-state index in [0.29, 0.717) is 11.5 Å². The molecule has 1 aliphatic rings. The van der Waals surface area contributed by atoms with Crippen molar-refractivity contribution in [1.82, 2.24) is 10.7 Å². The third-order valence-corrected chi connectivity index (χ3v) is 4.21. The van der Waals surface area contributed by atoms with Crippen LogP contribution in [0, 0.1) is 5.92 Å². The van der Waals surface area contributed by atoms with Gasteiger partial charge in [0.05, 0.1) is 27.0 Å². The van der Waals surface area contributed by atoms with Crippen molar-refractivity contribution in [2.24, 2.45) is 11.0 Å². The Morgan fingerprint density at radius 3 is 2.56 bits per heavy atom. The van der Waals surface area contributed by atoms with Crippen molar-refractivity contribution in [2.45, 2.75) is 32.1 Å². The van der Waals surface area contributed by atoms with Crippen molar-refractivity contribution in [3.8, 4) is 11.5 Å². The number of nitrogens with zero attached hydrogens (tertiary/aromatic N) is 1. The van der Waals surface area contributed by atoms with Gasteiger partial charge < -0.3 is 14.8 Å². The maximum Gasteiger partial charge on any atom is 0.259 e. The van der Waals surface area contributed by atoms with Crippen molar-refractivity contribution in [1.29, 1.82) is 0 Å². The summed E-state index contributed by atoms with van der Waals surface area (Å²) in [6, 6.07) is 5.30. The zero-order valence-corrected chi connectivity index (χ0v) is 14.7. The van der Waals surface area contributed by atoms with Crippen LogP contribution in [0.1, 0.15) is 37.7 Å². The fraction of sp³-hybridized carbons (Fsp3) is 0.500. The normalized spacial score (nSPS) is 15.0. The van der Waals surface area contributed by atoms with Crippen LogP contribution in [0.5, 0.6) is 11.5 Å². The Bertz CT molecular complexity index is 625. The molecule has 1 aromatic rings. The van der Waals surface area contributed by atoms with E-state index in [0.717, 1.165) is 31.2 Å². The molecular formula is C18H25N3O4. The van der Waals surface area contributed by atoms with Crippen molar-refractivity contribution in [3.05, 3.63) is 23.8 Å². The Balaban J connectivity index is 1.77. The summed E-state index contributed by atoms with van der Waals surface area (Å²) in [6.07, 6.45) is 6.67. The van der Waals surface area contributed by atoms with Crippen molar-refractivity contribution < 1.29 is 19.1 Å². The number of rotatable bonds is 7. The Hall–Kier alpha value is -2.57. The van der Waals surface area contributed by atoms with Gasteiger partial charge in [-0.15, -0.1) is 0 Å². The third kappa shape index (κ3) is 5.77. The van der Waals surface area contributed by atoms with Gasteiger partial charge >= 0.3 is 0 Å². The Labute approximate surface area is 147 Å². The van der Waals surface area contributed by atoms with E-state index in [1.54, 1.807) is 32.4 Å². The molecule has 0 aromatic heterocycles. The molecule has 1 aliphatic carbocycles. The average Bonchev–Trinajstić information content (AvgIpc) is 2.66. The Morgan fingerprint density at radius 1 is 1.16 bits per heavy atom. The number of ether oxygens (including phenoxy) is 2. The summed E-state index contributed by atoms with van der Waals surface area (Å²) < 4.78 is 10.4. The van der Waals surface area contributed by atoms with Gasteiger partial charge in [-0.3, -0.25) is 9.59 Å². The predicted molar refractivity (Wildman–Crippen MR) is 94.9 cm³/mol. The Morgan fingerprint density at radius 2 is 1.88 bits per heavy atom. The van der Waals surface area contributed by atoms with Crippen LogP contribution in [0.3, 0.4) is 0 Å². The monoisotopic (exact) mass is 347 g/mol. The van der Waals surface area contributed by atoms with Crippen LogP contribution >= 0.6 is 0 Å². The van der Waals surface area contributed by atoms with E-state index in [9.17, 15) is 9.59 Å². The number of amides is 2. The second-order valence-electron chi connectivity index (χ2n) is 5.96. The molecular weight excluding hydrogens is 322 g/mol. The van der Waals surface area contributed by atoms with Crippen LogP contribution < -0.4 is 20.2 Å². The highest BCUT2D eigenvalue weighted by Gasteiger charge is 2.21. The second-order valence-corrected chi connectivity index (χ2v) is 5.96. The minimum absolute atomic E-state index is 0.0387. The van der Waals surface area contributed by atoms with Crippen molar-refractivity contribution in [2.75, 3.05) is 20.8 Å². The first-order valence-electron chi connectivity index (χ1n) is 8.45. The number of carbonyl (C=O) groups is 2. The molecule has 1 fully saturated rings. The molecule has 0 radical (unpaired) electrons. The fourth-order valence-electron chi connectivity index (χ4n) is 2.83. The van der Waals surface area contributed by atoms with Crippen LogP contribution in [0.4, 0.5) is 0 Å². The number of hydrazone groups is 1. The summed E-state index contributed by atoms with van der Waals surface area (Å²) >= 11 is 0. The summed E-state index contributed by atoms with van der Waals surface area (Å²) in [7, 11) is 3.11. The zero-order chi connectivity index (χ0) is 18.1. The summed E-state index contributed by atoms with van der Waals surface area (Å²) in [6.45, 7) is -0.0708. The molecule has 2 rings (SSSR count). The number of methoxy groups -OCH3 is 2. The molecule has 0 atom stereocenters. The van der Waals surface area contributed by atoms with Crippen LogP contribution in [0.2, 0.25) is 0 Å². The van der Waals surface area contributed by atoms with Crippen molar-refractivity contribution >= 4 is 18.0 Å². The first-order valence-corrected chi connectivity index (χ1v) is 8.45. The number of carbonyl (C=O) groups excluding carboxylic acids is 2. The van der Waals surface area contributed by atoms with E-state index in [1.807, 2.05) is 0 Å². The van der Waals surface area contributed by atoms with Gasteiger partial charge in [-0.25, -0.2) is 5.43 Å². The van der Waals surface area contributed by atoms with Gasteiger partial charge in [0.1, 0.15) is 0 Å². The van der Waals surface area contributed by atoms with Gasteiger partial charge in [0, 0.05) is 5.92 Å². The molecule has 0 aliphatic heterocycles. The third-order valence-electron chi connectivity index (χ3n) is 4.21. The molecule has 1 saturated carbocycles. The first-order chi connectivity index (χ1) is 12.1. The van der Waals surface area contributed by atoms with E-state index < -0.39 is 0 Å². The predicted octanol–water partition coefficient (Wildman–Crippen LogP) is 1.85. The van der Waals surface area contributed by atoms with E-state index in [2.05, 4.69) is 15.8 Å². The molecule has 7 nitrogen and oxygen atoms in total. The van der Waals surface area contributed by atoms with Gasteiger partial charge in [0.15, 0.2) is 11.5 Å². The number of hydrogen-bond acceptors (Lipinski definition) is 5. The SMILES string of the molecule is COc1ccc(/C=N/NC(=O)CNC(=O)C2CCCCC2)cc1OC. The lowest BCUT2D eigenvalue weighted by Gasteiger charge is -2.20. The zero-order valence-electron chi connectivity index (χ0n) is 14.7. The van der Waals surface area contributed by atoms with E-state index in [4.69, 9.17) is 9.47 Å². The van der Waals surface area contributed by atoms with Gasteiger partial charge in [-0.05, 0) is 36.6 Å². The quantitative estimate of drug-likeness (QED) is 0.582. The number of hydrogen-bond donors (Lipinski definition) is 2. The summed E-state index contributed by atoms with van der Waals surface area (Å²) in [5.74, 6) is 0.836. The summed E-state index contributed by atoms with van der Waals surface area (Å²) in [5, 5.41) is 6.56. The second kappa shape index (κ2) is 9.66. The van der Waals surface area contributed by atoms with E-state index in [1.165, 1.54) is 12.6 Å². The smallest absolute Gasteiger partial charge is 0.259 e. The fourth-order valence-corrected chi connectivity index (χ4v) is 2.83. The molecule has 2 amide bonds. The summed E-state index contributed by atoms with van der Waals surface area (Å²) in [5.41, 5.74) is 3.15. The van der Waals surface area contributed by atoms with E-state index in [-0.39, 0.29) is 24.3 Å². The minimum atomic E-state index is -0.360. The highest BCUT2D eigenvalue weighted by Crippen LogP contribution is 2.26. The van der Waals surface area contributed by atoms with E-state index >= 15 is 0 Å². The minimum Gasteiger partial charge on any atom is -0.493 e. The lowest BCUT2D eigenvalue weighted by atomic mass is 9.89. The molecule has 0 spiro atoms. The molecule has 0 heterocycles. The average molecular weight is 347 g/mol. The molecule has 7 heteroatoms.